The van der Waals surface area contributed by atoms with Crippen LogP contribution in [0.4, 0.5) is 5.69 Å². The van der Waals surface area contributed by atoms with Gasteiger partial charge in [-0.05, 0) is 48.7 Å². The van der Waals surface area contributed by atoms with Crippen molar-refractivity contribution in [3.8, 4) is 5.75 Å². The van der Waals surface area contributed by atoms with Crippen LogP contribution in [0.25, 0.3) is 0 Å². The fraction of sp³-hybridized carbons (Fsp3) is 0.300. The van der Waals surface area contributed by atoms with Crippen molar-refractivity contribution in [2.24, 2.45) is 0 Å². The number of carbonyl (C=O) groups is 2. The largest absolute Gasteiger partial charge is 0.484 e. The molecule has 2 aromatic rings. The van der Waals surface area contributed by atoms with Crippen LogP contribution in [0.15, 0.2) is 48.5 Å². The highest BCUT2D eigenvalue weighted by Gasteiger charge is 2.48. The summed E-state index contributed by atoms with van der Waals surface area (Å²) in [5.41, 5.74) is 1.43. The van der Waals surface area contributed by atoms with Gasteiger partial charge in [0.2, 0.25) is 5.91 Å². The molecule has 0 saturated carbocycles. The lowest BCUT2D eigenvalue weighted by atomic mass is 9.73. The smallest absolute Gasteiger partial charge is 0.260 e. The number of ether oxygens (including phenoxy) is 1. The van der Waals surface area contributed by atoms with E-state index in [2.05, 4.69) is 5.32 Å². The van der Waals surface area contributed by atoms with Crippen molar-refractivity contribution in [2.75, 3.05) is 25.0 Å². The number of hydrogen-bond acceptors (Lipinski definition) is 3. The molecule has 0 radical (unpaired) electrons. The van der Waals surface area contributed by atoms with Gasteiger partial charge in [-0.3, -0.25) is 9.59 Å². The lowest BCUT2D eigenvalue weighted by molar-refractivity contribution is -0.137. The summed E-state index contributed by atoms with van der Waals surface area (Å²) in [5.74, 6) is 0.588. The van der Waals surface area contributed by atoms with Crippen LogP contribution in [0, 0.1) is 0 Å². The molecule has 26 heavy (non-hydrogen) atoms. The molecule has 2 aliphatic heterocycles. The number of halogens is 1. The second kappa shape index (κ2) is 6.65. The highest BCUT2D eigenvalue weighted by molar-refractivity contribution is 6.30. The van der Waals surface area contributed by atoms with Crippen molar-refractivity contribution in [3.63, 3.8) is 0 Å². The third-order valence-electron chi connectivity index (χ3n) is 5.27. The molecule has 0 atom stereocenters. The number of piperidine rings is 1. The van der Waals surface area contributed by atoms with E-state index in [-0.39, 0.29) is 18.4 Å². The van der Waals surface area contributed by atoms with E-state index in [1.165, 1.54) is 0 Å². The fourth-order valence-corrected chi connectivity index (χ4v) is 3.90. The second-order valence-electron chi connectivity index (χ2n) is 6.71. The van der Waals surface area contributed by atoms with Crippen molar-refractivity contribution < 1.29 is 14.3 Å². The highest BCUT2D eigenvalue weighted by Crippen LogP contribution is 2.44. The average molecular weight is 371 g/mol. The molecule has 2 heterocycles. The number of amides is 2. The summed E-state index contributed by atoms with van der Waals surface area (Å²) >= 11 is 5.84. The molecule has 1 N–H and O–H groups in total. The van der Waals surface area contributed by atoms with Gasteiger partial charge < -0.3 is 15.0 Å². The first-order valence-corrected chi connectivity index (χ1v) is 9.03. The number of carbonyl (C=O) groups excluding carboxylic acids is 2. The number of likely N-dealkylation sites (tertiary alicyclic amines) is 1. The Morgan fingerprint density at radius 1 is 1.12 bits per heavy atom. The summed E-state index contributed by atoms with van der Waals surface area (Å²) in [4.78, 5) is 26.8. The molecule has 6 heteroatoms. The molecular weight excluding hydrogens is 352 g/mol. The summed E-state index contributed by atoms with van der Waals surface area (Å²) in [6, 6.07) is 14.7. The number of fused-ring (bicyclic) bond motifs is 2. The molecule has 2 amide bonds. The van der Waals surface area contributed by atoms with Gasteiger partial charge in [0.05, 0.1) is 5.41 Å². The molecular formula is C20H19ClN2O3. The standard InChI is InChI=1S/C20H19ClN2O3/c21-14-5-7-15(8-6-14)26-13-18(24)23-11-9-20(10-12-23)16-3-1-2-4-17(16)22-19(20)25/h1-8H,9-13H2,(H,22,25). The monoisotopic (exact) mass is 370 g/mol. The van der Waals surface area contributed by atoms with Gasteiger partial charge in [-0.1, -0.05) is 29.8 Å². The van der Waals surface area contributed by atoms with Crippen molar-refractivity contribution in [2.45, 2.75) is 18.3 Å². The highest BCUT2D eigenvalue weighted by atomic mass is 35.5. The predicted molar refractivity (Wildman–Crippen MR) is 99.5 cm³/mol. The van der Waals surface area contributed by atoms with Crippen LogP contribution in [-0.4, -0.2) is 36.4 Å². The van der Waals surface area contributed by atoms with E-state index in [9.17, 15) is 9.59 Å². The molecule has 1 spiro atoms. The Bertz CT molecular complexity index is 842. The van der Waals surface area contributed by atoms with E-state index in [0.717, 1.165) is 11.3 Å². The van der Waals surface area contributed by atoms with Gasteiger partial charge in [0, 0.05) is 23.8 Å². The molecule has 0 bridgehead atoms. The number of nitrogens with zero attached hydrogens (tertiary/aromatic N) is 1. The van der Waals surface area contributed by atoms with E-state index >= 15 is 0 Å². The summed E-state index contributed by atoms with van der Waals surface area (Å²) in [5, 5.41) is 3.60. The SMILES string of the molecule is O=C(COc1ccc(Cl)cc1)N1CCC2(CC1)C(=O)Nc1ccccc12. The number of para-hydroxylation sites is 1. The van der Waals surface area contributed by atoms with Crippen molar-refractivity contribution in [3.05, 3.63) is 59.1 Å². The molecule has 1 fully saturated rings. The third-order valence-corrected chi connectivity index (χ3v) is 5.52. The Morgan fingerprint density at radius 2 is 1.81 bits per heavy atom. The quantitative estimate of drug-likeness (QED) is 0.902. The van der Waals surface area contributed by atoms with Crippen LogP contribution in [0.3, 0.4) is 0 Å². The summed E-state index contributed by atoms with van der Waals surface area (Å²) in [6.45, 7) is 1.08. The molecule has 0 aromatic heterocycles. The first-order valence-electron chi connectivity index (χ1n) is 8.66. The van der Waals surface area contributed by atoms with Gasteiger partial charge in [-0.2, -0.15) is 0 Å². The van der Waals surface area contributed by atoms with Gasteiger partial charge >= 0.3 is 0 Å². The van der Waals surface area contributed by atoms with E-state index in [4.69, 9.17) is 16.3 Å². The molecule has 2 aliphatic rings. The first kappa shape index (κ1) is 16.9. The Kier molecular flexibility index (Phi) is 4.32. The summed E-state index contributed by atoms with van der Waals surface area (Å²) in [6.07, 6.45) is 1.26. The van der Waals surface area contributed by atoms with Gasteiger partial charge in [-0.15, -0.1) is 0 Å². The number of nitrogens with one attached hydrogen (secondary N) is 1. The molecule has 0 unspecified atom stereocenters. The maximum atomic E-state index is 12.6. The molecule has 5 nitrogen and oxygen atoms in total. The maximum Gasteiger partial charge on any atom is 0.260 e. The van der Waals surface area contributed by atoms with Crippen LogP contribution in [0.2, 0.25) is 5.02 Å². The van der Waals surface area contributed by atoms with E-state index in [1.807, 2.05) is 24.3 Å². The lowest BCUT2D eigenvalue weighted by Crippen LogP contribution is -2.49. The molecule has 4 rings (SSSR count). The van der Waals surface area contributed by atoms with E-state index in [0.29, 0.717) is 36.7 Å². The number of hydrogen-bond donors (Lipinski definition) is 1. The van der Waals surface area contributed by atoms with Crippen molar-refractivity contribution >= 4 is 29.1 Å². The number of benzene rings is 2. The molecule has 134 valence electrons. The van der Waals surface area contributed by atoms with Crippen LogP contribution in [0.1, 0.15) is 18.4 Å². The zero-order valence-electron chi connectivity index (χ0n) is 14.2. The molecule has 2 aromatic carbocycles. The van der Waals surface area contributed by atoms with Crippen molar-refractivity contribution in [1.82, 2.24) is 4.90 Å². The Hall–Kier alpha value is -2.53. The second-order valence-corrected chi connectivity index (χ2v) is 7.14. The number of anilines is 1. The Balaban J connectivity index is 1.38. The first-order chi connectivity index (χ1) is 12.6. The Morgan fingerprint density at radius 3 is 2.54 bits per heavy atom. The van der Waals surface area contributed by atoms with Crippen LogP contribution >= 0.6 is 11.6 Å². The summed E-state index contributed by atoms with van der Waals surface area (Å²) in [7, 11) is 0. The Labute approximate surface area is 156 Å². The minimum absolute atomic E-state index is 0.0165. The van der Waals surface area contributed by atoms with Gasteiger partial charge in [0.25, 0.3) is 5.91 Å². The lowest BCUT2D eigenvalue weighted by Gasteiger charge is -2.37. The van der Waals surface area contributed by atoms with Crippen LogP contribution in [-0.2, 0) is 15.0 Å². The minimum Gasteiger partial charge on any atom is -0.484 e. The fourth-order valence-electron chi connectivity index (χ4n) is 3.78. The zero-order chi connectivity index (χ0) is 18.1. The van der Waals surface area contributed by atoms with Gasteiger partial charge in [0.1, 0.15) is 5.75 Å². The third kappa shape index (κ3) is 2.92. The maximum absolute atomic E-state index is 12.6. The van der Waals surface area contributed by atoms with Crippen LogP contribution in [0.5, 0.6) is 5.75 Å². The number of rotatable bonds is 3. The molecule has 0 aliphatic carbocycles. The zero-order valence-corrected chi connectivity index (χ0v) is 15.0. The van der Waals surface area contributed by atoms with Gasteiger partial charge in [0.15, 0.2) is 6.61 Å². The minimum atomic E-state index is -0.510. The van der Waals surface area contributed by atoms with Crippen molar-refractivity contribution in [1.29, 1.82) is 0 Å². The summed E-state index contributed by atoms with van der Waals surface area (Å²) < 4.78 is 5.54. The average Bonchev–Trinajstić information content (AvgIpc) is 2.93. The normalized spacial score (nSPS) is 17.7. The van der Waals surface area contributed by atoms with E-state index < -0.39 is 5.41 Å². The topological polar surface area (TPSA) is 58.6 Å². The predicted octanol–water partition coefficient (Wildman–Crippen LogP) is 3.23. The van der Waals surface area contributed by atoms with Gasteiger partial charge in [-0.25, -0.2) is 0 Å². The van der Waals surface area contributed by atoms with Crippen LogP contribution < -0.4 is 10.1 Å². The molecule has 1 saturated heterocycles. The van der Waals surface area contributed by atoms with E-state index in [1.54, 1.807) is 29.2 Å².